The van der Waals surface area contributed by atoms with Crippen molar-refractivity contribution < 1.29 is 42.1 Å². The van der Waals surface area contributed by atoms with Crippen LogP contribution in [0.1, 0.15) is 386 Å². The number of esters is 2. The lowest BCUT2D eigenvalue weighted by atomic mass is 10.0. The SMILES string of the molecule is CC/C=C\C/C=C\C/C=C\C/C=C\C/C=C\C/C=C\C/C=C\C/C=C\CCCCCCCCCCCCCCCCC(=O)OC(COC(=O)CCCCCCCCCCCCCCCCCCCCCCCCCC/C=C\C/C=C\C/C=C\CCCCCCC)COP(=O)(O)OCC[N+](C)(C)C. The fourth-order valence-electron chi connectivity index (χ4n) is 12.2. The van der Waals surface area contributed by atoms with Gasteiger partial charge >= 0.3 is 19.8 Å². The minimum Gasteiger partial charge on any atom is -0.462 e. The maximum absolute atomic E-state index is 12.9. The monoisotopic (exact) mass is 1440 g/mol. The van der Waals surface area contributed by atoms with Gasteiger partial charge in [0.1, 0.15) is 19.8 Å². The number of carbonyl (C=O) groups excluding carboxylic acids is 2. The molecule has 0 aromatic carbocycles. The largest absolute Gasteiger partial charge is 0.472 e. The Morgan fingerprint density at radius 1 is 0.314 bits per heavy atom. The topological polar surface area (TPSA) is 108 Å². The molecular weight excluding hydrogens is 1280 g/mol. The second kappa shape index (κ2) is 81.2. The molecule has 2 unspecified atom stereocenters. The quantitative estimate of drug-likeness (QED) is 0.0211. The molecule has 0 saturated heterocycles. The highest BCUT2D eigenvalue weighted by atomic mass is 31.2. The number of allylic oxidation sites excluding steroid dienone is 22. The normalized spacial score (nSPS) is 13.7. The number of phosphoric acid groups is 1. The molecule has 0 spiro atoms. The predicted molar refractivity (Wildman–Crippen MR) is 445 cm³/mol. The Kier molecular flexibility index (Phi) is 78.2. The van der Waals surface area contributed by atoms with Gasteiger partial charge in [-0.15, -0.1) is 0 Å². The molecule has 0 radical (unpaired) electrons. The van der Waals surface area contributed by atoms with E-state index in [-0.39, 0.29) is 32.0 Å². The lowest BCUT2D eigenvalue weighted by molar-refractivity contribution is -0.870. The highest BCUT2D eigenvalue weighted by Crippen LogP contribution is 2.43. The van der Waals surface area contributed by atoms with Gasteiger partial charge in [0, 0.05) is 12.8 Å². The van der Waals surface area contributed by atoms with E-state index in [2.05, 4.69) is 148 Å². The van der Waals surface area contributed by atoms with Gasteiger partial charge in [-0.05, 0) is 116 Å². The number of nitrogens with zero attached hydrogens (tertiary/aromatic N) is 1. The summed E-state index contributed by atoms with van der Waals surface area (Å²) in [5.41, 5.74) is 0. The first-order valence-electron chi connectivity index (χ1n) is 42.9. The molecule has 0 aromatic heterocycles. The van der Waals surface area contributed by atoms with Crippen molar-refractivity contribution in [1.29, 1.82) is 0 Å². The average molecular weight is 1440 g/mol. The summed E-state index contributed by atoms with van der Waals surface area (Å²) in [5.74, 6) is -0.786. The van der Waals surface area contributed by atoms with E-state index in [4.69, 9.17) is 18.5 Å². The summed E-state index contributed by atoms with van der Waals surface area (Å²) in [4.78, 5) is 36.0. The number of hydrogen-bond donors (Lipinski definition) is 1. The van der Waals surface area contributed by atoms with Crippen molar-refractivity contribution in [3.05, 3.63) is 134 Å². The summed E-state index contributed by atoms with van der Waals surface area (Å²) in [6.07, 6.45) is 119. The van der Waals surface area contributed by atoms with Crippen molar-refractivity contribution in [2.75, 3.05) is 47.5 Å². The lowest BCUT2D eigenvalue weighted by Gasteiger charge is -2.24. The molecule has 9 nitrogen and oxygen atoms in total. The van der Waals surface area contributed by atoms with E-state index in [9.17, 15) is 19.0 Å². The number of quaternary nitrogens is 1. The van der Waals surface area contributed by atoms with E-state index >= 15 is 0 Å². The Bertz CT molecular complexity index is 2190. The van der Waals surface area contributed by atoms with Gasteiger partial charge in [0.25, 0.3) is 0 Å². The van der Waals surface area contributed by atoms with E-state index in [0.717, 1.165) is 103 Å². The van der Waals surface area contributed by atoms with Crippen LogP contribution in [0, 0.1) is 0 Å². The van der Waals surface area contributed by atoms with Crippen LogP contribution in [0.25, 0.3) is 0 Å². The first-order valence-corrected chi connectivity index (χ1v) is 44.4. The molecule has 0 aromatic rings. The maximum atomic E-state index is 12.9. The molecule has 2 atom stereocenters. The van der Waals surface area contributed by atoms with E-state index in [1.807, 2.05) is 21.1 Å². The standard InChI is InChI=1S/C92H162NO8P/c1-6-8-10-12-14-16-18-20-22-24-26-28-30-32-34-36-38-40-42-44-46-48-50-52-54-56-58-60-62-64-66-68-70-72-74-76-78-80-82-84-91(94)98-88-90(89-100-102(96,97)99-87-86-93(3,4)5)101-92(95)85-83-81-79-77-75-73-71-69-67-65-63-61-59-57-55-53-51-49-47-45-43-41-39-37-35-33-31-29-27-25-23-21-19-17-15-13-11-9-7-2/h9,11,15,17-18,20-21,23-24,26-27,29-30,32-33,35,39,41,45,47,51,53,90H,6-8,10,12-14,16,19,22,25,28,31,34,36-38,40,42-44,46,48-50,52,54-89H2,1-5H3/p+1/b11-9-,17-15-,20-18-,23-21-,26-24-,29-27-,32-30-,35-33-,41-39-,47-45-,53-51-. The molecule has 0 amide bonds. The zero-order valence-corrected chi connectivity index (χ0v) is 68.2. The summed E-state index contributed by atoms with van der Waals surface area (Å²) in [6, 6.07) is 0. The number of carbonyl (C=O) groups is 2. The van der Waals surface area contributed by atoms with Crippen LogP contribution in [0.5, 0.6) is 0 Å². The van der Waals surface area contributed by atoms with Crippen LogP contribution in [-0.2, 0) is 32.7 Å². The van der Waals surface area contributed by atoms with Crippen LogP contribution >= 0.6 is 7.82 Å². The van der Waals surface area contributed by atoms with Gasteiger partial charge in [-0.2, -0.15) is 0 Å². The van der Waals surface area contributed by atoms with Crippen molar-refractivity contribution in [2.24, 2.45) is 0 Å². The molecule has 0 aliphatic rings. The van der Waals surface area contributed by atoms with Crippen LogP contribution in [0.3, 0.4) is 0 Å². The molecule has 0 saturated carbocycles. The Hall–Kier alpha value is -3.85. The number of hydrogen-bond acceptors (Lipinski definition) is 7. The highest BCUT2D eigenvalue weighted by Gasteiger charge is 2.27. The van der Waals surface area contributed by atoms with Gasteiger partial charge in [-0.3, -0.25) is 18.6 Å². The Morgan fingerprint density at radius 2 is 0.559 bits per heavy atom. The number of ether oxygens (including phenoxy) is 2. The van der Waals surface area contributed by atoms with Crippen LogP contribution in [0.15, 0.2) is 134 Å². The number of phosphoric ester groups is 1. The minimum atomic E-state index is -4.40. The number of unbranched alkanes of at least 4 members (excludes halogenated alkanes) is 43. The molecule has 10 heteroatoms. The Morgan fingerprint density at radius 3 is 0.833 bits per heavy atom. The Balaban J connectivity index is 3.94. The van der Waals surface area contributed by atoms with E-state index in [0.29, 0.717) is 17.4 Å². The predicted octanol–water partition coefficient (Wildman–Crippen LogP) is 29.1. The van der Waals surface area contributed by atoms with Crippen molar-refractivity contribution in [1.82, 2.24) is 0 Å². The van der Waals surface area contributed by atoms with Crippen molar-refractivity contribution in [2.45, 2.75) is 392 Å². The van der Waals surface area contributed by atoms with E-state index in [1.165, 1.54) is 250 Å². The van der Waals surface area contributed by atoms with Gasteiger partial charge in [-0.25, -0.2) is 4.57 Å². The molecule has 102 heavy (non-hydrogen) atoms. The van der Waals surface area contributed by atoms with Gasteiger partial charge in [0.15, 0.2) is 6.10 Å². The zero-order valence-electron chi connectivity index (χ0n) is 67.3. The van der Waals surface area contributed by atoms with Crippen molar-refractivity contribution in [3.63, 3.8) is 0 Å². The summed E-state index contributed by atoms with van der Waals surface area (Å²) in [6.45, 7) is 4.35. The first-order chi connectivity index (χ1) is 50.0. The van der Waals surface area contributed by atoms with Crippen LogP contribution in [0.4, 0.5) is 0 Å². The summed E-state index contributed by atoms with van der Waals surface area (Å²) < 4.78 is 34.9. The van der Waals surface area contributed by atoms with Crippen LogP contribution < -0.4 is 0 Å². The summed E-state index contributed by atoms with van der Waals surface area (Å²) in [7, 11) is 1.48. The number of rotatable bonds is 79. The molecule has 0 bridgehead atoms. The second-order valence-electron chi connectivity index (χ2n) is 29.8. The highest BCUT2D eigenvalue weighted by molar-refractivity contribution is 7.47. The molecule has 588 valence electrons. The van der Waals surface area contributed by atoms with Crippen molar-refractivity contribution in [3.8, 4) is 0 Å². The molecule has 0 aliphatic heterocycles. The third-order valence-corrected chi connectivity index (χ3v) is 19.6. The maximum Gasteiger partial charge on any atom is 0.472 e. The van der Waals surface area contributed by atoms with Gasteiger partial charge in [0.05, 0.1) is 27.7 Å². The fourth-order valence-corrected chi connectivity index (χ4v) is 12.9. The van der Waals surface area contributed by atoms with E-state index in [1.54, 1.807) is 0 Å². The van der Waals surface area contributed by atoms with E-state index < -0.39 is 26.5 Å². The molecule has 0 fully saturated rings. The second-order valence-corrected chi connectivity index (χ2v) is 31.3. The number of likely N-dealkylation sites (N-methyl/N-ethyl adjacent to an activating group) is 1. The minimum absolute atomic E-state index is 0.0291. The first kappa shape index (κ1) is 98.2. The average Bonchev–Trinajstić information content (AvgIpc) is 0.914. The van der Waals surface area contributed by atoms with Crippen LogP contribution in [-0.4, -0.2) is 74.9 Å². The molecule has 0 heterocycles. The Labute approximate surface area is 631 Å². The van der Waals surface area contributed by atoms with Gasteiger partial charge < -0.3 is 18.9 Å². The third-order valence-electron chi connectivity index (χ3n) is 18.7. The summed E-state index contributed by atoms with van der Waals surface area (Å²) in [5, 5.41) is 0. The zero-order chi connectivity index (χ0) is 74.0. The molecule has 0 rings (SSSR count). The molecule has 0 aliphatic carbocycles. The lowest BCUT2D eigenvalue weighted by Crippen LogP contribution is -2.37. The molecular formula is C92H163NO8P+. The van der Waals surface area contributed by atoms with Crippen molar-refractivity contribution >= 4 is 19.8 Å². The van der Waals surface area contributed by atoms with Gasteiger partial charge in [-0.1, -0.05) is 392 Å². The smallest absolute Gasteiger partial charge is 0.462 e. The van der Waals surface area contributed by atoms with Gasteiger partial charge in [0.2, 0.25) is 0 Å². The van der Waals surface area contributed by atoms with Crippen LogP contribution in [0.2, 0.25) is 0 Å². The fraction of sp³-hybridized carbons (Fsp3) is 0.739. The third kappa shape index (κ3) is 85.1. The molecule has 1 N–H and O–H groups in total. The summed E-state index contributed by atoms with van der Waals surface area (Å²) >= 11 is 0.